The number of hydrogen-bond acceptors (Lipinski definition) is 3. The van der Waals surface area contributed by atoms with Crippen LogP contribution in [-0.4, -0.2) is 23.0 Å². The number of benzene rings is 2. The van der Waals surface area contributed by atoms with Crippen molar-refractivity contribution in [3.63, 3.8) is 0 Å². The number of carbonyl (C=O) groups excluding carboxylic acids is 1. The molecule has 1 atom stereocenters. The first-order valence-corrected chi connectivity index (χ1v) is 7.94. The minimum atomic E-state index is -0.194. The van der Waals surface area contributed by atoms with Gasteiger partial charge in [0.2, 0.25) is 5.91 Å². The maximum atomic E-state index is 12.4. The minimum absolute atomic E-state index is 0.0631. The van der Waals surface area contributed by atoms with Gasteiger partial charge in [-0.05, 0) is 32.0 Å². The van der Waals surface area contributed by atoms with E-state index in [9.17, 15) is 4.79 Å². The first-order valence-electron chi connectivity index (χ1n) is 7.94. The highest BCUT2D eigenvalue weighted by molar-refractivity contribution is 5.80. The minimum Gasteiger partial charge on any atom is -0.496 e. The predicted molar refractivity (Wildman–Crippen MR) is 94.1 cm³/mol. The van der Waals surface area contributed by atoms with Gasteiger partial charge < -0.3 is 15.0 Å². The maximum Gasteiger partial charge on any atom is 0.225 e. The summed E-state index contributed by atoms with van der Waals surface area (Å²) in [6.07, 6.45) is 0.273. The molecule has 5 heteroatoms. The number of H-pyrrole nitrogens is 1. The second-order valence-electron chi connectivity index (χ2n) is 5.92. The molecule has 0 saturated heterocycles. The topological polar surface area (TPSA) is 67.0 Å². The summed E-state index contributed by atoms with van der Waals surface area (Å²) in [6, 6.07) is 13.5. The monoisotopic (exact) mass is 323 g/mol. The molecule has 1 unspecified atom stereocenters. The van der Waals surface area contributed by atoms with Crippen molar-refractivity contribution in [3.05, 3.63) is 59.4 Å². The number of fused-ring (bicyclic) bond motifs is 1. The van der Waals surface area contributed by atoms with Crippen LogP contribution in [0.1, 0.15) is 29.9 Å². The third-order valence-corrected chi connectivity index (χ3v) is 3.98. The van der Waals surface area contributed by atoms with Crippen LogP contribution < -0.4 is 10.1 Å². The number of rotatable bonds is 5. The predicted octanol–water partition coefficient (Wildman–Crippen LogP) is 3.30. The number of para-hydroxylation sites is 2. The zero-order valence-corrected chi connectivity index (χ0v) is 14.1. The molecule has 1 amide bonds. The molecule has 2 aromatic carbocycles. The van der Waals surface area contributed by atoms with Crippen molar-refractivity contribution in [2.24, 2.45) is 0 Å². The summed E-state index contributed by atoms with van der Waals surface area (Å²) >= 11 is 0. The smallest absolute Gasteiger partial charge is 0.225 e. The van der Waals surface area contributed by atoms with Crippen molar-refractivity contribution in [3.8, 4) is 5.75 Å². The number of hydrogen-bond donors (Lipinski definition) is 2. The molecule has 0 saturated carbocycles. The van der Waals surface area contributed by atoms with Gasteiger partial charge in [0.05, 0.1) is 30.6 Å². The van der Waals surface area contributed by atoms with E-state index in [4.69, 9.17) is 4.74 Å². The molecule has 124 valence electrons. The lowest BCUT2D eigenvalue weighted by Gasteiger charge is -2.13. The van der Waals surface area contributed by atoms with Crippen molar-refractivity contribution < 1.29 is 9.53 Å². The van der Waals surface area contributed by atoms with E-state index in [2.05, 4.69) is 15.3 Å². The largest absolute Gasteiger partial charge is 0.496 e. The average Bonchev–Trinajstić information content (AvgIpc) is 2.99. The van der Waals surface area contributed by atoms with Crippen LogP contribution in [0.15, 0.2) is 42.5 Å². The molecule has 0 radical (unpaired) electrons. The second kappa shape index (κ2) is 6.74. The second-order valence-corrected chi connectivity index (χ2v) is 5.92. The molecular formula is C19H21N3O2. The number of aryl methyl sites for hydroxylation is 1. The first kappa shape index (κ1) is 16.1. The summed E-state index contributed by atoms with van der Waals surface area (Å²) in [7, 11) is 1.61. The Morgan fingerprint density at radius 3 is 2.83 bits per heavy atom. The molecule has 0 fully saturated rings. The van der Waals surface area contributed by atoms with Crippen molar-refractivity contribution in [2.45, 2.75) is 26.3 Å². The maximum absolute atomic E-state index is 12.4. The van der Waals surface area contributed by atoms with Gasteiger partial charge in [-0.25, -0.2) is 4.98 Å². The van der Waals surface area contributed by atoms with Crippen LogP contribution in [-0.2, 0) is 11.2 Å². The van der Waals surface area contributed by atoms with Gasteiger partial charge >= 0.3 is 0 Å². The number of methoxy groups -OCH3 is 1. The van der Waals surface area contributed by atoms with E-state index >= 15 is 0 Å². The van der Waals surface area contributed by atoms with E-state index in [0.29, 0.717) is 0 Å². The lowest BCUT2D eigenvalue weighted by atomic mass is 10.1. The van der Waals surface area contributed by atoms with Crippen molar-refractivity contribution in [1.82, 2.24) is 15.3 Å². The molecule has 3 rings (SSSR count). The Morgan fingerprint density at radius 2 is 2.08 bits per heavy atom. The number of imidazole rings is 1. The Hall–Kier alpha value is -2.82. The summed E-state index contributed by atoms with van der Waals surface area (Å²) in [5.41, 5.74) is 3.85. The molecule has 0 aliphatic heterocycles. The Bertz CT molecular complexity index is 837. The highest BCUT2D eigenvalue weighted by atomic mass is 16.5. The zero-order valence-electron chi connectivity index (χ0n) is 14.1. The van der Waals surface area contributed by atoms with E-state index in [1.54, 1.807) is 7.11 Å². The van der Waals surface area contributed by atoms with E-state index < -0.39 is 0 Å². The van der Waals surface area contributed by atoms with Crippen LogP contribution in [0.4, 0.5) is 0 Å². The number of nitrogens with one attached hydrogen (secondary N) is 2. The number of ether oxygens (including phenoxy) is 1. The molecule has 24 heavy (non-hydrogen) atoms. The highest BCUT2D eigenvalue weighted by Crippen LogP contribution is 2.21. The summed E-state index contributed by atoms with van der Waals surface area (Å²) in [6.45, 7) is 3.92. The van der Waals surface area contributed by atoms with E-state index in [-0.39, 0.29) is 18.4 Å². The Balaban J connectivity index is 1.71. The lowest BCUT2D eigenvalue weighted by molar-refractivity contribution is -0.121. The van der Waals surface area contributed by atoms with Gasteiger partial charge in [0, 0.05) is 5.56 Å². The summed E-state index contributed by atoms with van der Waals surface area (Å²) < 4.78 is 5.33. The van der Waals surface area contributed by atoms with Gasteiger partial charge in [0.1, 0.15) is 11.6 Å². The fourth-order valence-electron chi connectivity index (χ4n) is 2.76. The van der Waals surface area contributed by atoms with Crippen LogP contribution in [0.2, 0.25) is 0 Å². The van der Waals surface area contributed by atoms with Crippen LogP contribution in [0, 0.1) is 6.92 Å². The van der Waals surface area contributed by atoms with Gasteiger partial charge in [-0.3, -0.25) is 4.79 Å². The third-order valence-electron chi connectivity index (χ3n) is 3.98. The number of carbonyl (C=O) groups is 1. The Kier molecular flexibility index (Phi) is 4.51. The number of amides is 1. The summed E-state index contributed by atoms with van der Waals surface area (Å²) in [4.78, 5) is 20.2. The van der Waals surface area contributed by atoms with Crippen LogP contribution in [0.25, 0.3) is 11.0 Å². The highest BCUT2D eigenvalue weighted by Gasteiger charge is 2.15. The van der Waals surface area contributed by atoms with Crippen molar-refractivity contribution in [2.75, 3.05) is 7.11 Å². The van der Waals surface area contributed by atoms with Crippen LogP contribution in [0.3, 0.4) is 0 Å². The van der Waals surface area contributed by atoms with E-state index in [0.717, 1.165) is 33.7 Å². The SMILES string of the molecule is COc1ccc(C)cc1CC(=O)NC(C)c1nc2ccccc2[nH]1. The van der Waals surface area contributed by atoms with Crippen LogP contribution >= 0.6 is 0 Å². The Morgan fingerprint density at radius 1 is 1.29 bits per heavy atom. The van der Waals surface area contributed by atoms with Gasteiger partial charge in [0.15, 0.2) is 0 Å². The zero-order chi connectivity index (χ0) is 17.1. The van der Waals surface area contributed by atoms with Crippen molar-refractivity contribution >= 4 is 16.9 Å². The first-order chi connectivity index (χ1) is 11.6. The van der Waals surface area contributed by atoms with Crippen molar-refractivity contribution in [1.29, 1.82) is 0 Å². The summed E-state index contributed by atoms with van der Waals surface area (Å²) in [5.74, 6) is 1.42. The Labute approximate surface area is 141 Å². The average molecular weight is 323 g/mol. The number of aromatic amines is 1. The molecule has 3 aromatic rings. The third kappa shape index (κ3) is 3.40. The fourth-order valence-corrected chi connectivity index (χ4v) is 2.76. The molecule has 0 aliphatic rings. The van der Waals surface area contributed by atoms with E-state index in [1.165, 1.54) is 0 Å². The number of aromatic nitrogens is 2. The molecule has 2 N–H and O–H groups in total. The van der Waals surface area contributed by atoms with Gasteiger partial charge in [-0.15, -0.1) is 0 Å². The van der Waals surface area contributed by atoms with E-state index in [1.807, 2.05) is 56.3 Å². The molecule has 1 aromatic heterocycles. The molecular weight excluding hydrogens is 302 g/mol. The standard InChI is InChI=1S/C19H21N3O2/c1-12-8-9-17(24-3)14(10-12)11-18(23)20-13(2)19-21-15-6-4-5-7-16(15)22-19/h4-10,13H,11H2,1-3H3,(H,20,23)(H,21,22). The van der Waals surface area contributed by atoms with Gasteiger partial charge in [-0.2, -0.15) is 0 Å². The molecule has 0 bridgehead atoms. The van der Waals surface area contributed by atoms with Gasteiger partial charge in [0.25, 0.3) is 0 Å². The molecule has 5 nitrogen and oxygen atoms in total. The van der Waals surface area contributed by atoms with Crippen LogP contribution in [0.5, 0.6) is 5.75 Å². The molecule has 0 spiro atoms. The lowest BCUT2D eigenvalue weighted by Crippen LogP contribution is -2.28. The molecule has 1 heterocycles. The normalized spacial score (nSPS) is 12.1. The quantitative estimate of drug-likeness (QED) is 0.757. The van der Waals surface area contributed by atoms with Gasteiger partial charge in [-0.1, -0.05) is 29.8 Å². The fraction of sp³-hybridized carbons (Fsp3) is 0.263. The number of nitrogens with zero attached hydrogens (tertiary/aromatic N) is 1. The molecule has 0 aliphatic carbocycles. The summed E-state index contributed by atoms with van der Waals surface area (Å²) in [5, 5.41) is 2.99.